The molecule has 1 N–H and O–H groups in total. The van der Waals surface area contributed by atoms with Gasteiger partial charge < -0.3 is 19.6 Å². The number of hydrogen-bond donors (Lipinski definition) is 1. The van der Waals surface area contributed by atoms with Crippen molar-refractivity contribution in [2.24, 2.45) is 5.41 Å². The highest BCUT2D eigenvalue weighted by Gasteiger charge is 2.37. The molecule has 1 fully saturated rings. The van der Waals surface area contributed by atoms with E-state index in [0.717, 1.165) is 31.3 Å². The second kappa shape index (κ2) is 15.7. The van der Waals surface area contributed by atoms with Gasteiger partial charge in [-0.1, -0.05) is 30.7 Å². The van der Waals surface area contributed by atoms with E-state index in [9.17, 15) is 22.4 Å². The van der Waals surface area contributed by atoms with Crippen molar-refractivity contribution in [3.8, 4) is 5.88 Å². The first-order valence-electron chi connectivity index (χ1n) is 11.5. The van der Waals surface area contributed by atoms with Crippen molar-refractivity contribution in [2.45, 2.75) is 65.2 Å². The van der Waals surface area contributed by atoms with Crippen molar-refractivity contribution < 1.29 is 36.7 Å². The van der Waals surface area contributed by atoms with Gasteiger partial charge in [0, 0.05) is 24.4 Å². The largest absolute Gasteiger partial charge is 0.481 e. The third kappa shape index (κ3) is 13.0. The van der Waals surface area contributed by atoms with E-state index in [2.05, 4.69) is 17.2 Å². The Morgan fingerprint density at radius 3 is 2.16 bits per heavy atom. The Hall–Kier alpha value is -3.30. The fraction of sp³-hybridized carbons (Fsp3) is 0.481. The summed E-state index contributed by atoms with van der Waals surface area (Å²) in [5.41, 5.74) is -0.519. The summed E-state index contributed by atoms with van der Waals surface area (Å²) in [6.45, 7) is 9.41. The Labute approximate surface area is 215 Å². The number of benzene rings is 1. The highest BCUT2D eigenvalue weighted by atomic mass is 19.4. The van der Waals surface area contributed by atoms with Crippen LogP contribution < -0.4 is 10.1 Å². The van der Waals surface area contributed by atoms with E-state index < -0.39 is 17.4 Å². The predicted octanol–water partition coefficient (Wildman–Crippen LogP) is 6.16. The van der Waals surface area contributed by atoms with E-state index in [-0.39, 0.29) is 11.3 Å². The summed E-state index contributed by atoms with van der Waals surface area (Å²) in [7, 11) is 1.51. The molecular weight excluding hydrogens is 492 g/mol. The van der Waals surface area contributed by atoms with Gasteiger partial charge in [0.15, 0.2) is 0 Å². The van der Waals surface area contributed by atoms with Crippen molar-refractivity contribution in [1.82, 2.24) is 10.3 Å². The molecule has 0 aliphatic heterocycles. The molecule has 1 amide bonds. The molecule has 10 heteroatoms. The van der Waals surface area contributed by atoms with Gasteiger partial charge in [-0.05, 0) is 64.0 Å². The lowest BCUT2D eigenvalue weighted by molar-refractivity contribution is -0.137. The molecule has 0 saturated heterocycles. The molecule has 6 nitrogen and oxygen atoms in total. The number of ether oxygens (including phenoxy) is 1. The molecule has 0 spiro atoms. The molecule has 1 saturated carbocycles. The number of aromatic nitrogens is 1. The van der Waals surface area contributed by atoms with Crippen LogP contribution in [-0.2, 0) is 15.8 Å². The van der Waals surface area contributed by atoms with Crippen LogP contribution in [0.5, 0.6) is 5.88 Å². The van der Waals surface area contributed by atoms with Gasteiger partial charge in [0.1, 0.15) is 18.7 Å². The molecule has 2 aromatic rings. The average Bonchev–Trinajstić information content (AvgIpc) is 2.86. The number of amides is 1. The molecule has 0 radical (unpaired) electrons. The summed E-state index contributed by atoms with van der Waals surface area (Å²) >= 11 is 0. The average molecular weight is 529 g/mol. The maximum Gasteiger partial charge on any atom is 0.416 e. The number of aldehydes is 1. The van der Waals surface area contributed by atoms with Gasteiger partial charge in [0.05, 0.1) is 12.7 Å². The quantitative estimate of drug-likeness (QED) is 0.379. The van der Waals surface area contributed by atoms with Crippen LogP contribution in [0.25, 0.3) is 0 Å². The first kappa shape index (κ1) is 33.7. The van der Waals surface area contributed by atoms with Crippen LogP contribution >= 0.6 is 0 Å². The third-order valence-corrected chi connectivity index (χ3v) is 5.73. The summed E-state index contributed by atoms with van der Waals surface area (Å²) in [6.07, 6.45) is 0.779. The van der Waals surface area contributed by atoms with Gasteiger partial charge in [0.2, 0.25) is 5.88 Å². The van der Waals surface area contributed by atoms with E-state index in [4.69, 9.17) is 14.3 Å². The SMILES string of the molecule is C=O.CC=O.COc1cc(C(=O)NCC2(C)CCC(C)(F)CC2)ccn1.Cc1cccc(C(F)(F)F)c1. The number of nitrogens with zero attached hydrogens (tertiary/aromatic N) is 1. The Morgan fingerprint density at radius 1 is 1.14 bits per heavy atom. The summed E-state index contributed by atoms with van der Waals surface area (Å²) in [4.78, 5) is 32.9. The number of rotatable bonds is 4. The minimum Gasteiger partial charge on any atom is -0.481 e. The molecule has 206 valence electrons. The lowest BCUT2D eigenvalue weighted by atomic mass is 9.71. The normalized spacial score (nSPS) is 20.4. The van der Waals surface area contributed by atoms with Gasteiger partial charge in [-0.2, -0.15) is 13.2 Å². The third-order valence-electron chi connectivity index (χ3n) is 5.73. The van der Waals surface area contributed by atoms with Crippen molar-refractivity contribution in [3.63, 3.8) is 0 Å². The first-order chi connectivity index (χ1) is 17.2. The molecule has 0 atom stereocenters. The number of methoxy groups -OCH3 is 1. The smallest absolute Gasteiger partial charge is 0.416 e. The van der Waals surface area contributed by atoms with Crippen LogP contribution in [0.2, 0.25) is 0 Å². The van der Waals surface area contributed by atoms with Gasteiger partial charge in [-0.3, -0.25) is 4.79 Å². The lowest BCUT2D eigenvalue weighted by Crippen LogP contribution is -2.41. The molecule has 1 aliphatic rings. The summed E-state index contributed by atoms with van der Waals surface area (Å²) in [5, 5.41) is 2.94. The monoisotopic (exact) mass is 528 g/mol. The maximum absolute atomic E-state index is 13.9. The van der Waals surface area contributed by atoms with Crippen LogP contribution in [-0.4, -0.2) is 43.3 Å². The van der Waals surface area contributed by atoms with Crippen molar-refractivity contribution in [1.29, 1.82) is 0 Å². The zero-order valence-corrected chi connectivity index (χ0v) is 22.0. The second-order valence-electron chi connectivity index (χ2n) is 9.10. The van der Waals surface area contributed by atoms with Crippen LogP contribution in [0, 0.1) is 12.3 Å². The lowest BCUT2D eigenvalue weighted by Gasteiger charge is -2.39. The number of halogens is 4. The minimum absolute atomic E-state index is 0.0294. The highest BCUT2D eigenvalue weighted by molar-refractivity contribution is 5.94. The maximum atomic E-state index is 13.9. The molecule has 0 bridgehead atoms. The van der Waals surface area contributed by atoms with E-state index in [1.54, 1.807) is 38.2 Å². The van der Waals surface area contributed by atoms with E-state index in [0.29, 0.717) is 36.4 Å². The number of aryl methyl sites for hydroxylation is 1. The Morgan fingerprint density at radius 2 is 1.70 bits per heavy atom. The molecule has 1 aromatic heterocycles. The summed E-state index contributed by atoms with van der Waals surface area (Å²) < 4.78 is 54.8. The fourth-order valence-corrected chi connectivity index (χ4v) is 3.43. The van der Waals surface area contributed by atoms with Crippen molar-refractivity contribution in [3.05, 3.63) is 59.3 Å². The van der Waals surface area contributed by atoms with Gasteiger partial charge in [0.25, 0.3) is 5.91 Å². The number of carbonyl (C=O) groups excluding carboxylic acids is 3. The standard InChI is InChI=1S/C16H23FN2O2.C8H7F3.C2H4O.CH2O/c1-15(5-7-16(2,17)8-6-15)11-19-14(20)12-4-9-18-13(10-12)21-3;1-6-3-2-4-7(5-6)8(9,10)11;1-2-3;1-2/h4,9-10H,5-8,11H2,1-3H3,(H,19,20);2-5H,1H3;2H,1H3;1H2. The number of alkyl halides is 4. The minimum atomic E-state index is -4.22. The molecule has 37 heavy (non-hydrogen) atoms. The molecule has 1 aromatic carbocycles. The second-order valence-corrected chi connectivity index (χ2v) is 9.10. The van der Waals surface area contributed by atoms with E-state index >= 15 is 0 Å². The number of pyridine rings is 1. The topological polar surface area (TPSA) is 85.4 Å². The van der Waals surface area contributed by atoms with Crippen LogP contribution in [0.1, 0.15) is 67.9 Å². The number of nitrogens with one attached hydrogen (secondary N) is 1. The number of hydrogen-bond acceptors (Lipinski definition) is 5. The van der Waals surface area contributed by atoms with Crippen LogP contribution in [0.3, 0.4) is 0 Å². The highest BCUT2D eigenvalue weighted by Crippen LogP contribution is 2.41. The van der Waals surface area contributed by atoms with Gasteiger partial charge >= 0.3 is 6.18 Å². The molecule has 0 unspecified atom stereocenters. The summed E-state index contributed by atoms with van der Waals surface area (Å²) in [6, 6.07) is 8.48. The Bertz CT molecular complexity index is 971. The first-order valence-corrected chi connectivity index (χ1v) is 11.5. The van der Waals surface area contributed by atoms with Crippen LogP contribution in [0.15, 0.2) is 42.6 Å². The summed E-state index contributed by atoms with van der Waals surface area (Å²) in [5.74, 6) is 0.269. The van der Waals surface area contributed by atoms with Gasteiger partial charge in [-0.15, -0.1) is 0 Å². The fourth-order valence-electron chi connectivity index (χ4n) is 3.43. The predicted molar refractivity (Wildman–Crippen MR) is 134 cm³/mol. The zero-order valence-electron chi connectivity index (χ0n) is 22.0. The van der Waals surface area contributed by atoms with E-state index in [1.807, 2.05) is 6.79 Å². The molecule has 1 heterocycles. The van der Waals surface area contributed by atoms with Crippen LogP contribution in [0.4, 0.5) is 17.6 Å². The molecule has 1 aliphatic carbocycles. The van der Waals surface area contributed by atoms with E-state index in [1.165, 1.54) is 20.1 Å². The van der Waals surface area contributed by atoms with Gasteiger partial charge in [-0.25, -0.2) is 9.37 Å². The molecular formula is C27H36F4N2O4. The van der Waals surface area contributed by atoms with Crippen molar-refractivity contribution in [2.75, 3.05) is 13.7 Å². The Balaban J connectivity index is 0.000000679. The van der Waals surface area contributed by atoms with Crippen molar-refractivity contribution >= 4 is 19.0 Å². The molecule has 3 rings (SSSR count). The zero-order chi connectivity index (χ0) is 28.7. The number of carbonyl (C=O) groups is 3. The Kier molecular flexibility index (Phi) is 14.3.